The molecule has 6 nitrogen and oxygen atoms in total. The van der Waals surface area contributed by atoms with E-state index in [1.54, 1.807) is 6.92 Å². The van der Waals surface area contributed by atoms with Crippen molar-refractivity contribution in [2.75, 3.05) is 6.54 Å². The Morgan fingerprint density at radius 1 is 1.23 bits per heavy atom. The van der Waals surface area contributed by atoms with E-state index >= 15 is 0 Å². The van der Waals surface area contributed by atoms with Crippen molar-refractivity contribution in [1.82, 2.24) is 10.3 Å². The first-order chi connectivity index (χ1) is 12.5. The van der Waals surface area contributed by atoms with E-state index in [4.69, 9.17) is 11.1 Å². The van der Waals surface area contributed by atoms with Gasteiger partial charge in [-0.15, -0.1) is 11.3 Å². The van der Waals surface area contributed by atoms with Gasteiger partial charge in [-0.2, -0.15) is 0 Å². The highest BCUT2D eigenvalue weighted by Crippen LogP contribution is 2.23. The van der Waals surface area contributed by atoms with Crippen LogP contribution in [0.1, 0.15) is 55.3 Å². The number of unbranched alkanes of at least 4 members (excludes halogenated alkanes) is 1. The number of benzene rings is 1. The van der Waals surface area contributed by atoms with Crippen LogP contribution in [0.2, 0.25) is 0 Å². The van der Waals surface area contributed by atoms with Crippen LogP contribution in [0, 0.1) is 5.41 Å². The zero-order valence-corrected chi connectivity index (χ0v) is 15.9. The normalized spacial score (nSPS) is 12.1. The van der Waals surface area contributed by atoms with Gasteiger partial charge in [0.15, 0.2) is 5.01 Å². The van der Waals surface area contributed by atoms with Crippen molar-refractivity contribution in [3.63, 3.8) is 0 Å². The number of amides is 1. The summed E-state index contributed by atoms with van der Waals surface area (Å²) in [5.74, 6) is -0.294. The van der Waals surface area contributed by atoms with Gasteiger partial charge in [-0.1, -0.05) is 18.6 Å². The third-order valence-electron chi connectivity index (χ3n) is 4.06. The van der Waals surface area contributed by atoms with Crippen molar-refractivity contribution in [1.29, 1.82) is 5.41 Å². The van der Waals surface area contributed by atoms with Crippen molar-refractivity contribution in [3.8, 4) is 0 Å². The number of carbonyl (C=O) groups is 2. The van der Waals surface area contributed by atoms with Crippen LogP contribution in [0.25, 0.3) is 10.2 Å². The first-order valence-electron chi connectivity index (χ1n) is 8.94. The molecule has 0 spiro atoms. The molecule has 0 saturated heterocycles. The smallest absolute Gasteiger partial charge is 0.220 e. The second-order valence-electron chi connectivity index (χ2n) is 6.39. The molecule has 0 bridgehead atoms. The number of hydrogen-bond acceptors (Lipinski definition) is 6. The van der Waals surface area contributed by atoms with E-state index in [0.29, 0.717) is 42.9 Å². The SMILES string of the molecule is CC(=N)CCCCC(NC(=O)CCCN)C(=O)c1nc2ccccc2s1. The third kappa shape index (κ3) is 6.00. The van der Waals surface area contributed by atoms with Crippen LogP contribution < -0.4 is 11.1 Å². The number of aromatic nitrogens is 1. The summed E-state index contributed by atoms with van der Waals surface area (Å²) in [5, 5.41) is 10.8. The molecular weight excluding hydrogens is 348 g/mol. The monoisotopic (exact) mass is 374 g/mol. The predicted octanol–water partition coefficient (Wildman–Crippen LogP) is 3.30. The van der Waals surface area contributed by atoms with Crippen molar-refractivity contribution in [3.05, 3.63) is 29.3 Å². The first-order valence-corrected chi connectivity index (χ1v) is 9.76. The Hall–Kier alpha value is -2.12. The minimum Gasteiger partial charge on any atom is -0.346 e. The Morgan fingerprint density at radius 2 is 2.00 bits per heavy atom. The summed E-state index contributed by atoms with van der Waals surface area (Å²) in [4.78, 5) is 29.4. The maximum Gasteiger partial charge on any atom is 0.220 e. The number of hydrogen-bond donors (Lipinski definition) is 3. The Bertz CT molecular complexity index is 739. The van der Waals surface area contributed by atoms with Crippen LogP contribution in [0.15, 0.2) is 24.3 Å². The van der Waals surface area contributed by atoms with Crippen molar-refractivity contribution < 1.29 is 9.59 Å². The fraction of sp³-hybridized carbons (Fsp3) is 0.474. The van der Waals surface area contributed by atoms with Gasteiger partial charge in [0, 0.05) is 12.1 Å². The van der Waals surface area contributed by atoms with Gasteiger partial charge in [-0.05, 0) is 51.3 Å². The number of carbonyl (C=O) groups excluding carboxylic acids is 2. The third-order valence-corrected chi connectivity index (χ3v) is 5.11. The van der Waals surface area contributed by atoms with Crippen molar-refractivity contribution >= 4 is 39.0 Å². The maximum absolute atomic E-state index is 12.9. The molecule has 1 atom stereocenters. The van der Waals surface area contributed by atoms with Crippen molar-refractivity contribution in [2.45, 2.75) is 51.5 Å². The number of ketones is 1. The topological polar surface area (TPSA) is 109 Å². The molecule has 1 heterocycles. The number of nitrogens with zero attached hydrogens (tertiary/aromatic N) is 1. The molecule has 4 N–H and O–H groups in total. The molecule has 0 aliphatic carbocycles. The number of fused-ring (bicyclic) bond motifs is 1. The van der Waals surface area contributed by atoms with E-state index in [2.05, 4.69) is 10.3 Å². The Morgan fingerprint density at radius 3 is 2.69 bits per heavy atom. The van der Waals surface area contributed by atoms with Gasteiger partial charge in [0.05, 0.1) is 16.3 Å². The largest absolute Gasteiger partial charge is 0.346 e. The van der Waals surface area contributed by atoms with Gasteiger partial charge in [-0.3, -0.25) is 9.59 Å². The van der Waals surface area contributed by atoms with E-state index in [1.165, 1.54) is 11.3 Å². The molecule has 2 rings (SSSR count). The van der Waals surface area contributed by atoms with Crippen LogP contribution >= 0.6 is 11.3 Å². The Labute approximate surface area is 157 Å². The molecule has 2 aromatic rings. The number of rotatable bonds is 11. The number of Topliss-reactive ketones (excluding diaryl/α,β-unsaturated/α-hetero) is 1. The zero-order valence-electron chi connectivity index (χ0n) is 15.1. The van der Waals surface area contributed by atoms with Gasteiger partial charge in [0.25, 0.3) is 0 Å². The van der Waals surface area contributed by atoms with Gasteiger partial charge < -0.3 is 16.5 Å². The average Bonchev–Trinajstić information content (AvgIpc) is 3.05. The van der Waals surface area contributed by atoms with E-state index in [1.807, 2.05) is 24.3 Å². The zero-order chi connectivity index (χ0) is 18.9. The molecular formula is C19H26N4O2S. The van der Waals surface area contributed by atoms with Crippen LogP contribution in [-0.2, 0) is 4.79 Å². The molecule has 1 amide bonds. The molecule has 1 aromatic heterocycles. The molecule has 7 heteroatoms. The average molecular weight is 375 g/mol. The number of nitrogens with two attached hydrogens (primary N) is 1. The summed E-state index contributed by atoms with van der Waals surface area (Å²) < 4.78 is 0.962. The molecule has 0 fully saturated rings. The summed E-state index contributed by atoms with van der Waals surface area (Å²) in [5.41, 5.74) is 6.88. The Balaban J connectivity index is 2.07. The molecule has 0 radical (unpaired) electrons. The van der Waals surface area contributed by atoms with Crippen LogP contribution in [0.3, 0.4) is 0 Å². The quantitative estimate of drug-likeness (QED) is 0.318. The standard InChI is InChI=1S/C19H26N4O2S/c1-13(21)7-2-3-9-15(22-17(24)11-6-12-20)18(25)19-23-14-8-4-5-10-16(14)26-19/h4-5,8,10,15,21H,2-3,6-7,9,11-12,20H2,1H3,(H,22,24). The van der Waals surface area contributed by atoms with Crippen molar-refractivity contribution in [2.24, 2.45) is 5.73 Å². The summed E-state index contributed by atoms with van der Waals surface area (Å²) in [6.45, 7) is 2.22. The molecule has 1 aromatic carbocycles. The lowest BCUT2D eigenvalue weighted by Crippen LogP contribution is -2.41. The van der Waals surface area contributed by atoms with Crippen LogP contribution in [0.5, 0.6) is 0 Å². The molecule has 0 aliphatic rings. The second-order valence-corrected chi connectivity index (χ2v) is 7.42. The second kappa shape index (κ2) is 10.1. The van der Waals surface area contributed by atoms with E-state index in [9.17, 15) is 9.59 Å². The predicted molar refractivity (Wildman–Crippen MR) is 106 cm³/mol. The number of nitrogens with one attached hydrogen (secondary N) is 2. The van der Waals surface area contributed by atoms with E-state index in [0.717, 1.165) is 23.1 Å². The highest BCUT2D eigenvalue weighted by molar-refractivity contribution is 7.20. The minimum absolute atomic E-state index is 0.140. The van der Waals surface area contributed by atoms with Gasteiger partial charge in [0.1, 0.15) is 0 Å². The lowest BCUT2D eigenvalue weighted by atomic mass is 10.0. The summed E-state index contributed by atoms with van der Waals surface area (Å²) in [7, 11) is 0. The molecule has 26 heavy (non-hydrogen) atoms. The molecule has 140 valence electrons. The van der Waals surface area contributed by atoms with Gasteiger partial charge in [0.2, 0.25) is 11.7 Å². The Kier molecular flexibility index (Phi) is 7.87. The minimum atomic E-state index is -0.577. The van der Waals surface area contributed by atoms with E-state index in [-0.39, 0.29) is 11.7 Å². The summed E-state index contributed by atoms with van der Waals surface area (Å²) in [6, 6.07) is 7.05. The fourth-order valence-electron chi connectivity index (χ4n) is 2.66. The summed E-state index contributed by atoms with van der Waals surface area (Å²) in [6.07, 6.45) is 3.78. The summed E-state index contributed by atoms with van der Waals surface area (Å²) >= 11 is 1.36. The van der Waals surface area contributed by atoms with Gasteiger partial charge >= 0.3 is 0 Å². The lowest BCUT2D eigenvalue weighted by molar-refractivity contribution is -0.121. The van der Waals surface area contributed by atoms with Crippen LogP contribution in [0.4, 0.5) is 0 Å². The highest BCUT2D eigenvalue weighted by Gasteiger charge is 2.24. The first kappa shape index (κ1) is 20.2. The number of thiazole rings is 1. The number of para-hydroxylation sites is 1. The maximum atomic E-state index is 12.9. The molecule has 0 aliphatic heterocycles. The van der Waals surface area contributed by atoms with E-state index < -0.39 is 6.04 Å². The molecule has 1 unspecified atom stereocenters. The van der Waals surface area contributed by atoms with Crippen LogP contribution in [-0.4, -0.2) is 35.0 Å². The van der Waals surface area contributed by atoms with Gasteiger partial charge in [-0.25, -0.2) is 4.98 Å². The highest BCUT2D eigenvalue weighted by atomic mass is 32.1. The molecule has 0 saturated carbocycles. The lowest BCUT2D eigenvalue weighted by Gasteiger charge is -2.16. The fourth-order valence-corrected chi connectivity index (χ4v) is 3.62.